The van der Waals surface area contributed by atoms with E-state index in [1.165, 1.54) is 0 Å². The minimum Gasteiger partial charge on any atom is -0.481 e. The quantitative estimate of drug-likeness (QED) is 0.264. The lowest BCUT2D eigenvalue weighted by atomic mass is 9.68. The molecule has 204 valence electrons. The van der Waals surface area contributed by atoms with Crippen molar-refractivity contribution in [1.82, 2.24) is 0 Å². The van der Waals surface area contributed by atoms with Gasteiger partial charge in [0.15, 0.2) is 0 Å². The molecule has 0 amide bonds. The van der Waals surface area contributed by atoms with Crippen molar-refractivity contribution in [3.63, 3.8) is 0 Å². The van der Waals surface area contributed by atoms with Crippen molar-refractivity contribution in [3.05, 3.63) is 0 Å². The summed E-state index contributed by atoms with van der Waals surface area (Å²) in [5, 5.41) is 19.3. The van der Waals surface area contributed by atoms with Crippen LogP contribution in [-0.4, -0.2) is 46.9 Å². The molecule has 0 bridgehead atoms. The zero-order chi connectivity index (χ0) is 25.8. The van der Waals surface area contributed by atoms with E-state index in [2.05, 4.69) is 6.92 Å². The fourth-order valence-electron chi connectivity index (χ4n) is 7.47. The average Bonchev–Trinajstić information content (AvgIpc) is 2.85. The Balaban J connectivity index is 1.32. The summed E-state index contributed by atoms with van der Waals surface area (Å²) in [6.07, 6.45) is 9.76. The molecule has 0 radical (unpaired) electrons. The Labute approximate surface area is 214 Å². The van der Waals surface area contributed by atoms with Crippen LogP contribution in [0.2, 0.25) is 0 Å². The van der Waals surface area contributed by atoms with Crippen molar-refractivity contribution in [1.29, 1.82) is 0 Å². The van der Waals surface area contributed by atoms with E-state index in [-0.39, 0.29) is 41.8 Å². The maximum Gasteiger partial charge on any atom is 0.310 e. The number of carboxylic acid groups (broad SMARTS) is 2. The second kappa shape index (κ2) is 12.2. The van der Waals surface area contributed by atoms with Crippen LogP contribution in [-0.2, 0) is 28.9 Å². The molecule has 0 saturated heterocycles. The van der Waals surface area contributed by atoms with Gasteiger partial charge in [-0.2, -0.15) is 0 Å². The van der Waals surface area contributed by atoms with Gasteiger partial charge in [-0.15, -0.1) is 0 Å². The van der Waals surface area contributed by atoms with Crippen LogP contribution in [0.3, 0.4) is 0 Å². The van der Waals surface area contributed by atoms with Crippen LogP contribution in [0.25, 0.3) is 0 Å². The number of aliphatic carboxylic acids is 2. The van der Waals surface area contributed by atoms with Gasteiger partial charge in [-0.05, 0) is 81.5 Å². The standard InChI is InChI=1S/C28H44O8/c1-16-7-9-18(22(13-16)26(29)30)15-34-36-25-12-11-24(19-5-3-4-6-20(19)25)35-28(33)21-10-8-17(2)14-23(21)27(31)32/h16-25H,3-15H2,1-2H3,(H,29,30)(H,31,32). The Morgan fingerprint density at radius 3 is 1.94 bits per heavy atom. The summed E-state index contributed by atoms with van der Waals surface area (Å²) in [5.41, 5.74) is 0. The number of carbonyl (C=O) groups excluding carboxylic acids is 1. The second-order valence-electron chi connectivity index (χ2n) is 12.2. The van der Waals surface area contributed by atoms with Crippen LogP contribution < -0.4 is 0 Å². The monoisotopic (exact) mass is 508 g/mol. The Kier molecular flexibility index (Phi) is 9.31. The molecular weight excluding hydrogens is 464 g/mol. The summed E-state index contributed by atoms with van der Waals surface area (Å²) in [6, 6.07) is 0. The Bertz CT molecular complexity index is 784. The third-order valence-electron chi connectivity index (χ3n) is 9.61. The lowest BCUT2D eigenvalue weighted by molar-refractivity contribution is -0.352. The van der Waals surface area contributed by atoms with Crippen LogP contribution in [0, 0.1) is 47.3 Å². The highest BCUT2D eigenvalue weighted by molar-refractivity contribution is 5.81. The first-order valence-corrected chi connectivity index (χ1v) is 14.2. The number of hydrogen-bond acceptors (Lipinski definition) is 6. The Morgan fingerprint density at radius 1 is 0.694 bits per heavy atom. The molecule has 10 unspecified atom stereocenters. The summed E-state index contributed by atoms with van der Waals surface area (Å²) in [4.78, 5) is 48.2. The fourth-order valence-corrected chi connectivity index (χ4v) is 7.47. The van der Waals surface area contributed by atoms with Gasteiger partial charge in [0.1, 0.15) is 6.10 Å². The molecule has 4 aliphatic carbocycles. The molecule has 2 N–H and O–H groups in total. The Hall–Kier alpha value is -1.67. The topological polar surface area (TPSA) is 119 Å². The van der Waals surface area contributed by atoms with Gasteiger partial charge in [0.2, 0.25) is 0 Å². The van der Waals surface area contributed by atoms with E-state index in [0.29, 0.717) is 50.5 Å². The molecule has 4 aliphatic rings. The van der Waals surface area contributed by atoms with Crippen molar-refractivity contribution >= 4 is 17.9 Å². The maximum absolute atomic E-state index is 13.1. The molecular formula is C28H44O8. The maximum atomic E-state index is 13.1. The van der Waals surface area contributed by atoms with Gasteiger partial charge in [0.05, 0.1) is 30.5 Å². The number of ether oxygens (including phenoxy) is 1. The lowest BCUT2D eigenvalue weighted by Crippen LogP contribution is -2.47. The van der Waals surface area contributed by atoms with E-state index < -0.39 is 23.8 Å². The van der Waals surface area contributed by atoms with E-state index in [1.54, 1.807) is 0 Å². The number of hydrogen-bond donors (Lipinski definition) is 2. The number of carboxylic acids is 2. The predicted octanol–water partition coefficient (Wildman–Crippen LogP) is 5.09. The predicted molar refractivity (Wildman–Crippen MR) is 131 cm³/mol. The van der Waals surface area contributed by atoms with E-state index in [0.717, 1.165) is 44.9 Å². The van der Waals surface area contributed by atoms with Gasteiger partial charge in [-0.1, -0.05) is 33.1 Å². The molecule has 0 aromatic carbocycles. The summed E-state index contributed by atoms with van der Waals surface area (Å²) >= 11 is 0. The minimum atomic E-state index is -0.897. The smallest absolute Gasteiger partial charge is 0.310 e. The highest BCUT2D eigenvalue weighted by Crippen LogP contribution is 2.44. The van der Waals surface area contributed by atoms with Crippen LogP contribution in [0.5, 0.6) is 0 Å². The third-order valence-corrected chi connectivity index (χ3v) is 9.61. The highest BCUT2D eigenvalue weighted by Gasteiger charge is 2.46. The first kappa shape index (κ1) is 27.4. The van der Waals surface area contributed by atoms with Crippen LogP contribution in [0.15, 0.2) is 0 Å². The van der Waals surface area contributed by atoms with Gasteiger partial charge in [0.25, 0.3) is 0 Å². The largest absolute Gasteiger partial charge is 0.481 e. The molecule has 4 fully saturated rings. The van der Waals surface area contributed by atoms with Gasteiger partial charge >= 0.3 is 17.9 Å². The van der Waals surface area contributed by atoms with Crippen LogP contribution >= 0.6 is 0 Å². The molecule has 0 aromatic rings. The molecule has 4 saturated carbocycles. The van der Waals surface area contributed by atoms with Crippen LogP contribution in [0.4, 0.5) is 0 Å². The molecule has 4 rings (SSSR count). The van der Waals surface area contributed by atoms with Crippen molar-refractivity contribution in [2.75, 3.05) is 6.61 Å². The van der Waals surface area contributed by atoms with Gasteiger partial charge in [-0.3, -0.25) is 14.4 Å². The number of esters is 1. The molecule has 0 spiro atoms. The third kappa shape index (κ3) is 6.42. The summed E-state index contributed by atoms with van der Waals surface area (Å²) < 4.78 is 6.05. The van der Waals surface area contributed by atoms with Gasteiger partial charge < -0.3 is 14.9 Å². The molecule has 0 heterocycles. The van der Waals surface area contributed by atoms with Crippen molar-refractivity contribution in [3.8, 4) is 0 Å². The Morgan fingerprint density at radius 2 is 1.28 bits per heavy atom. The molecule has 36 heavy (non-hydrogen) atoms. The normalized spacial score (nSPS) is 41.2. The van der Waals surface area contributed by atoms with Gasteiger partial charge in [0, 0.05) is 5.92 Å². The molecule has 0 aliphatic heterocycles. The van der Waals surface area contributed by atoms with Crippen molar-refractivity contribution in [2.24, 2.45) is 47.3 Å². The van der Waals surface area contributed by atoms with Crippen molar-refractivity contribution in [2.45, 2.75) is 103 Å². The van der Waals surface area contributed by atoms with E-state index >= 15 is 0 Å². The fraction of sp³-hybridized carbons (Fsp3) is 0.893. The number of rotatable bonds is 8. The first-order chi connectivity index (χ1) is 17.2. The van der Waals surface area contributed by atoms with E-state index in [1.807, 2.05) is 6.92 Å². The minimum absolute atomic E-state index is 0.0291. The molecule has 10 atom stereocenters. The first-order valence-electron chi connectivity index (χ1n) is 14.2. The van der Waals surface area contributed by atoms with E-state index in [9.17, 15) is 24.6 Å². The number of carbonyl (C=O) groups is 3. The SMILES string of the molecule is CC1CCC(COOC2CCC(OC(=O)C3CCC(C)CC3C(=O)O)C3CCCCC23)C(C(=O)O)C1. The summed E-state index contributed by atoms with van der Waals surface area (Å²) in [6.45, 7) is 4.45. The van der Waals surface area contributed by atoms with E-state index in [4.69, 9.17) is 14.5 Å². The number of fused-ring (bicyclic) bond motifs is 1. The highest BCUT2D eigenvalue weighted by atomic mass is 17.2. The summed E-state index contributed by atoms with van der Waals surface area (Å²) in [5.74, 6) is -2.45. The zero-order valence-corrected chi connectivity index (χ0v) is 21.8. The zero-order valence-electron chi connectivity index (χ0n) is 21.8. The van der Waals surface area contributed by atoms with Gasteiger partial charge in [-0.25, -0.2) is 9.78 Å². The molecule has 0 aromatic heterocycles. The van der Waals surface area contributed by atoms with Crippen LogP contribution in [0.1, 0.15) is 90.9 Å². The molecule has 8 nitrogen and oxygen atoms in total. The molecule has 8 heteroatoms. The van der Waals surface area contributed by atoms with Crippen molar-refractivity contribution < 1.29 is 39.1 Å². The summed E-state index contributed by atoms with van der Waals surface area (Å²) in [7, 11) is 0. The lowest BCUT2D eigenvalue weighted by Gasteiger charge is -2.45. The second-order valence-corrected chi connectivity index (χ2v) is 12.2. The average molecular weight is 509 g/mol.